The number of thioether (sulfide) groups is 1. The molecule has 1 N–H and O–H groups in total. The third kappa shape index (κ3) is 1.61. The molecule has 0 unspecified atom stereocenters. The van der Waals surface area contributed by atoms with Crippen molar-refractivity contribution < 1.29 is 0 Å². The minimum Gasteiger partial charge on any atom is -0.329 e. The largest absolute Gasteiger partial charge is 0.329 e. The Hall–Kier alpha value is -0.700. The van der Waals surface area contributed by atoms with Crippen molar-refractivity contribution in [2.45, 2.75) is 4.90 Å². The van der Waals surface area contributed by atoms with Crippen LogP contribution < -0.4 is 5.56 Å². The lowest BCUT2D eigenvalue weighted by Gasteiger charge is -1.89. The second kappa shape index (κ2) is 2.73. The van der Waals surface area contributed by atoms with E-state index in [0.717, 1.165) is 4.90 Å². The van der Waals surface area contributed by atoms with E-state index in [1.54, 1.807) is 24.0 Å². The molecule has 2 nitrogen and oxygen atoms in total. The second-order valence-electron chi connectivity index (χ2n) is 1.59. The van der Waals surface area contributed by atoms with Crippen LogP contribution >= 0.6 is 11.8 Å². The van der Waals surface area contributed by atoms with Gasteiger partial charge in [0.25, 0.3) is 0 Å². The molecule has 48 valence electrons. The van der Waals surface area contributed by atoms with Crippen molar-refractivity contribution >= 4 is 11.8 Å². The molecule has 0 spiro atoms. The van der Waals surface area contributed by atoms with E-state index >= 15 is 0 Å². The quantitative estimate of drug-likeness (QED) is 0.594. The van der Waals surface area contributed by atoms with Gasteiger partial charge in [-0.05, 0) is 12.3 Å². The molecular weight excluding hydrogens is 134 g/mol. The van der Waals surface area contributed by atoms with Crippen molar-refractivity contribution in [1.82, 2.24) is 4.98 Å². The molecule has 0 saturated carbocycles. The minimum absolute atomic E-state index is 0.0400. The molecule has 0 atom stereocenters. The summed E-state index contributed by atoms with van der Waals surface area (Å²) in [4.78, 5) is 14.1. The van der Waals surface area contributed by atoms with Crippen LogP contribution in [0.2, 0.25) is 0 Å². The summed E-state index contributed by atoms with van der Waals surface area (Å²) in [5, 5.41) is 0. The van der Waals surface area contributed by atoms with E-state index in [0.29, 0.717) is 0 Å². The molecule has 0 aliphatic rings. The van der Waals surface area contributed by atoms with Crippen molar-refractivity contribution in [3.05, 3.63) is 28.7 Å². The van der Waals surface area contributed by atoms with E-state index in [2.05, 4.69) is 4.98 Å². The molecule has 1 aromatic rings. The van der Waals surface area contributed by atoms with Crippen LogP contribution in [-0.2, 0) is 0 Å². The average Bonchev–Trinajstić information content (AvgIpc) is 1.88. The first kappa shape index (κ1) is 6.42. The van der Waals surface area contributed by atoms with Crippen LogP contribution in [0.5, 0.6) is 0 Å². The Bertz CT molecular complexity index is 243. The van der Waals surface area contributed by atoms with Crippen LogP contribution in [0.1, 0.15) is 0 Å². The maximum Gasteiger partial charge on any atom is 0.249 e. The SMILES string of the molecule is CSc1cc[nH]c(=O)c1. The van der Waals surface area contributed by atoms with Crippen molar-refractivity contribution in [2.24, 2.45) is 0 Å². The Morgan fingerprint density at radius 3 is 2.89 bits per heavy atom. The fourth-order valence-corrected chi connectivity index (χ4v) is 0.981. The molecule has 0 radical (unpaired) electrons. The van der Waals surface area contributed by atoms with E-state index in [4.69, 9.17) is 0 Å². The smallest absolute Gasteiger partial charge is 0.249 e. The van der Waals surface area contributed by atoms with Crippen LogP contribution in [0.4, 0.5) is 0 Å². The number of hydrogen-bond acceptors (Lipinski definition) is 2. The lowest BCUT2D eigenvalue weighted by Crippen LogP contribution is -2.01. The third-order valence-electron chi connectivity index (χ3n) is 0.982. The highest BCUT2D eigenvalue weighted by atomic mass is 32.2. The van der Waals surface area contributed by atoms with Gasteiger partial charge in [-0.15, -0.1) is 11.8 Å². The first-order valence-corrected chi connectivity index (χ1v) is 3.78. The standard InChI is InChI=1S/C6H7NOS/c1-9-5-2-3-7-6(8)4-5/h2-4H,1H3,(H,7,8). The molecule has 0 aromatic carbocycles. The van der Waals surface area contributed by atoms with Gasteiger partial charge in [0.15, 0.2) is 0 Å². The van der Waals surface area contributed by atoms with Gasteiger partial charge in [-0.1, -0.05) is 0 Å². The minimum atomic E-state index is -0.0400. The molecule has 0 amide bonds. The fourth-order valence-electron chi connectivity index (χ4n) is 0.552. The highest BCUT2D eigenvalue weighted by Gasteiger charge is 1.86. The summed E-state index contributed by atoms with van der Waals surface area (Å²) >= 11 is 1.56. The van der Waals surface area contributed by atoms with E-state index < -0.39 is 0 Å². The summed E-state index contributed by atoms with van der Waals surface area (Å²) in [6, 6.07) is 3.44. The maximum atomic E-state index is 10.6. The lowest BCUT2D eigenvalue weighted by molar-refractivity contribution is 1.19. The lowest BCUT2D eigenvalue weighted by atomic mass is 10.5. The maximum absolute atomic E-state index is 10.6. The predicted octanol–water partition coefficient (Wildman–Crippen LogP) is 1.10. The van der Waals surface area contributed by atoms with E-state index in [9.17, 15) is 4.79 Å². The number of aromatic nitrogens is 1. The monoisotopic (exact) mass is 141 g/mol. The molecule has 1 rings (SSSR count). The number of rotatable bonds is 1. The number of aromatic amines is 1. The summed E-state index contributed by atoms with van der Waals surface area (Å²) in [5.74, 6) is 0. The molecule has 9 heavy (non-hydrogen) atoms. The summed E-state index contributed by atoms with van der Waals surface area (Å²) in [6.45, 7) is 0. The first-order chi connectivity index (χ1) is 4.33. The normalized spacial score (nSPS) is 9.44. The summed E-state index contributed by atoms with van der Waals surface area (Å²) in [7, 11) is 0. The molecule has 0 fully saturated rings. The first-order valence-electron chi connectivity index (χ1n) is 2.55. The molecule has 3 heteroatoms. The van der Waals surface area contributed by atoms with Crippen molar-refractivity contribution in [1.29, 1.82) is 0 Å². The highest BCUT2D eigenvalue weighted by Crippen LogP contribution is 2.08. The Morgan fingerprint density at radius 2 is 2.44 bits per heavy atom. The van der Waals surface area contributed by atoms with Crippen LogP contribution in [0, 0.1) is 0 Å². The summed E-state index contributed by atoms with van der Waals surface area (Å²) < 4.78 is 0. The third-order valence-corrected chi connectivity index (χ3v) is 1.71. The Morgan fingerprint density at radius 1 is 1.67 bits per heavy atom. The Kier molecular flexibility index (Phi) is 1.95. The van der Waals surface area contributed by atoms with Crippen molar-refractivity contribution in [3.8, 4) is 0 Å². The van der Waals surface area contributed by atoms with E-state index in [1.165, 1.54) is 0 Å². The Labute approximate surface area is 57.3 Å². The number of pyridine rings is 1. The van der Waals surface area contributed by atoms with E-state index in [-0.39, 0.29) is 5.56 Å². The molecule has 1 aromatic heterocycles. The zero-order valence-electron chi connectivity index (χ0n) is 5.05. The molecule has 0 saturated heterocycles. The molecule has 0 bridgehead atoms. The van der Waals surface area contributed by atoms with Gasteiger partial charge in [0.05, 0.1) is 0 Å². The zero-order valence-corrected chi connectivity index (χ0v) is 5.87. The van der Waals surface area contributed by atoms with Crippen LogP contribution in [-0.4, -0.2) is 11.2 Å². The highest BCUT2D eigenvalue weighted by molar-refractivity contribution is 7.98. The second-order valence-corrected chi connectivity index (χ2v) is 2.47. The van der Waals surface area contributed by atoms with Crippen LogP contribution in [0.15, 0.2) is 28.0 Å². The van der Waals surface area contributed by atoms with Gasteiger partial charge in [0.1, 0.15) is 0 Å². The zero-order chi connectivity index (χ0) is 6.69. The number of H-pyrrole nitrogens is 1. The summed E-state index contributed by atoms with van der Waals surface area (Å²) in [5.41, 5.74) is -0.0400. The average molecular weight is 141 g/mol. The van der Waals surface area contributed by atoms with Gasteiger partial charge in [-0.2, -0.15) is 0 Å². The van der Waals surface area contributed by atoms with Gasteiger partial charge in [-0.3, -0.25) is 4.79 Å². The molecule has 1 heterocycles. The fraction of sp³-hybridized carbons (Fsp3) is 0.167. The molecule has 0 aliphatic heterocycles. The molecular formula is C6H7NOS. The summed E-state index contributed by atoms with van der Waals surface area (Å²) in [6.07, 6.45) is 3.59. The topological polar surface area (TPSA) is 32.9 Å². The predicted molar refractivity (Wildman–Crippen MR) is 38.8 cm³/mol. The number of hydrogen-bond donors (Lipinski definition) is 1. The van der Waals surface area contributed by atoms with Crippen molar-refractivity contribution in [3.63, 3.8) is 0 Å². The van der Waals surface area contributed by atoms with Gasteiger partial charge in [-0.25, -0.2) is 0 Å². The van der Waals surface area contributed by atoms with Crippen LogP contribution in [0.3, 0.4) is 0 Å². The molecule has 0 aliphatic carbocycles. The van der Waals surface area contributed by atoms with Crippen molar-refractivity contribution in [2.75, 3.05) is 6.26 Å². The van der Waals surface area contributed by atoms with Gasteiger partial charge < -0.3 is 4.98 Å². The Balaban J connectivity index is 3.08. The van der Waals surface area contributed by atoms with Gasteiger partial charge in [0, 0.05) is 17.2 Å². The van der Waals surface area contributed by atoms with Crippen LogP contribution in [0.25, 0.3) is 0 Å². The van der Waals surface area contributed by atoms with Gasteiger partial charge in [0.2, 0.25) is 5.56 Å². The van der Waals surface area contributed by atoms with Gasteiger partial charge >= 0.3 is 0 Å². The number of nitrogens with one attached hydrogen (secondary N) is 1. The van der Waals surface area contributed by atoms with E-state index in [1.807, 2.05) is 12.3 Å².